The third-order valence-corrected chi connectivity index (χ3v) is 4.75. The van der Waals surface area contributed by atoms with Crippen LogP contribution in [0.15, 0.2) is 60.7 Å². The van der Waals surface area contributed by atoms with Crippen LogP contribution in [-0.4, -0.2) is 19.1 Å². The average Bonchev–Trinajstić information content (AvgIpc) is 3.01. The fourth-order valence-corrected chi connectivity index (χ4v) is 3.52. The van der Waals surface area contributed by atoms with Crippen LogP contribution in [0.5, 0.6) is 11.5 Å². The van der Waals surface area contributed by atoms with Crippen molar-refractivity contribution < 1.29 is 14.4 Å². The van der Waals surface area contributed by atoms with Crippen molar-refractivity contribution in [2.45, 2.75) is 0 Å². The van der Waals surface area contributed by atoms with Crippen molar-refractivity contribution in [3.63, 3.8) is 0 Å². The summed E-state index contributed by atoms with van der Waals surface area (Å²) in [6, 6.07) is 19.2. The van der Waals surface area contributed by atoms with Crippen LogP contribution in [0, 0.1) is 10.1 Å². The van der Waals surface area contributed by atoms with Crippen molar-refractivity contribution in [2.75, 3.05) is 14.2 Å². The van der Waals surface area contributed by atoms with E-state index in [2.05, 4.69) is 12.1 Å². The van der Waals surface area contributed by atoms with Crippen LogP contribution < -0.4 is 9.47 Å². The Morgan fingerprint density at radius 3 is 1.78 bits per heavy atom. The van der Waals surface area contributed by atoms with Gasteiger partial charge in [0.25, 0.3) is 5.69 Å². The van der Waals surface area contributed by atoms with Gasteiger partial charge in [-0.3, -0.25) is 10.1 Å². The highest BCUT2D eigenvalue weighted by Gasteiger charge is 2.25. The lowest BCUT2D eigenvalue weighted by Gasteiger charge is -2.10. The molecule has 0 unspecified atom stereocenters. The SMILES string of the molecule is COc1cc(C=C2c3ccccc3-c3ccccc32)c([N+](=O)[O-])cc1OC. The summed E-state index contributed by atoms with van der Waals surface area (Å²) < 4.78 is 10.6. The van der Waals surface area contributed by atoms with Crippen molar-refractivity contribution in [1.82, 2.24) is 0 Å². The maximum absolute atomic E-state index is 11.6. The van der Waals surface area contributed by atoms with E-state index in [0.717, 1.165) is 27.8 Å². The lowest BCUT2D eigenvalue weighted by molar-refractivity contribution is -0.385. The minimum atomic E-state index is -0.402. The Kier molecular flexibility index (Phi) is 4.12. The molecule has 0 aromatic heterocycles. The molecule has 3 aromatic rings. The standard InChI is InChI=1S/C22H17NO4/c1-26-21-12-14(20(23(24)25)13-22(21)27-2)11-19-17-9-5-3-7-15(17)16-8-4-6-10-18(16)19/h3-13H,1-2H3. The highest BCUT2D eigenvalue weighted by Crippen LogP contribution is 2.46. The molecule has 0 N–H and O–H groups in total. The molecule has 3 aromatic carbocycles. The Morgan fingerprint density at radius 1 is 0.815 bits per heavy atom. The first-order valence-electron chi connectivity index (χ1n) is 8.45. The highest BCUT2D eigenvalue weighted by atomic mass is 16.6. The fraction of sp³-hybridized carbons (Fsp3) is 0.0909. The second-order valence-electron chi connectivity index (χ2n) is 6.17. The fourth-order valence-electron chi connectivity index (χ4n) is 3.52. The number of hydrogen-bond donors (Lipinski definition) is 0. The van der Waals surface area contributed by atoms with Gasteiger partial charge in [-0.15, -0.1) is 0 Å². The van der Waals surface area contributed by atoms with Crippen molar-refractivity contribution in [2.24, 2.45) is 0 Å². The van der Waals surface area contributed by atoms with Gasteiger partial charge in [0.05, 0.1) is 30.8 Å². The van der Waals surface area contributed by atoms with E-state index in [9.17, 15) is 10.1 Å². The number of rotatable bonds is 4. The van der Waals surface area contributed by atoms with Gasteiger partial charge in [0.1, 0.15) is 0 Å². The summed E-state index contributed by atoms with van der Waals surface area (Å²) in [5, 5.41) is 11.6. The summed E-state index contributed by atoms with van der Waals surface area (Å²) in [5.74, 6) is 0.785. The summed E-state index contributed by atoms with van der Waals surface area (Å²) in [4.78, 5) is 11.2. The first-order chi connectivity index (χ1) is 13.1. The number of nitrogens with zero attached hydrogens (tertiary/aromatic N) is 1. The van der Waals surface area contributed by atoms with E-state index >= 15 is 0 Å². The lowest BCUT2D eigenvalue weighted by Crippen LogP contribution is -1.97. The Morgan fingerprint density at radius 2 is 1.30 bits per heavy atom. The predicted octanol–water partition coefficient (Wildman–Crippen LogP) is 5.18. The van der Waals surface area contributed by atoms with Gasteiger partial charge in [0.2, 0.25) is 0 Å². The molecule has 27 heavy (non-hydrogen) atoms. The van der Waals surface area contributed by atoms with Gasteiger partial charge in [0, 0.05) is 0 Å². The van der Waals surface area contributed by atoms with Gasteiger partial charge in [-0.1, -0.05) is 48.5 Å². The van der Waals surface area contributed by atoms with E-state index in [1.807, 2.05) is 42.5 Å². The number of methoxy groups -OCH3 is 2. The topological polar surface area (TPSA) is 61.6 Å². The molecular weight excluding hydrogens is 342 g/mol. The molecule has 0 amide bonds. The van der Waals surface area contributed by atoms with E-state index < -0.39 is 4.92 Å². The van der Waals surface area contributed by atoms with Gasteiger partial charge in [-0.25, -0.2) is 0 Å². The third-order valence-electron chi connectivity index (χ3n) is 4.75. The summed E-state index contributed by atoms with van der Waals surface area (Å²) in [6.07, 6.45) is 1.85. The third kappa shape index (κ3) is 2.73. The summed E-state index contributed by atoms with van der Waals surface area (Å²) in [6.45, 7) is 0. The maximum Gasteiger partial charge on any atom is 0.280 e. The largest absolute Gasteiger partial charge is 0.493 e. The normalized spacial score (nSPS) is 11.6. The van der Waals surface area contributed by atoms with Gasteiger partial charge >= 0.3 is 0 Å². The highest BCUT2D eigenvalue weighted by molar-refractivity contribution is 6.07. The number of ether oxygens (including phenoxy) is 2. The van der Waals surface area contributed by atoms with E-state index in [-0.39, 0.29) is 5.69 Å². The van der Waals surface area contributed by atoms with E-state index in [4.69, 9.17) is 9.47 Å². The molecule has 4 rings (SSSR count). The summed E-state index contributed by atoms with van der Waals surface area (Å²) >= 11 is 0. The molecule has 1 aliphatic carbocycles. The molecule has 5 heteroatoms. The molecule has 0 saturated carbocycles. The molecule has 0 heterocycles. The smallest absolute Gasteiger partial charge is 0.280 e. The first-order valence-corrected chi connectivity index (χ1v) is 8.45. The van der Waals surface area contributed by atoms with Gasteiger partial charge in [0.15, 0.2) is 11.5 Å². The molecule has 0 bridgehead atoms. The van der Waals surface area contributed by atoms with Crippen LogP contribution in [0.4, 0.5) is 5.69 Å². The van der Waals surface area contributed by atoms with Gasteiger partial charge in [-0.2, -0.15) is 0 Å². The van der Waals surface area contributed by atoms with Crippen LogP contribution in [0.2, 0.25) is 0 Å². The molecule has 0 radical (unpaired) electrons. The Bertz CT molecular complexity index is 1040. The number of nitro benzene ring substituents is 1. The Hall–Kier alpha value is -3.60. The average molecular weight is 359 g/mol. The van der Waals surface area contributed by atoms with Gasteiger partial charge < -0.3 is 9.47 Å². The molecule has 0 aliphatic heterocycles. The van der Waals surface area contributed by atoms with E-state index in [0.29, 0.717) is 17.1 Å². The first kappa shape index (κ1) is 16.8. The lowest BCUT2D eigenvalue weighted by atomic mass is 10.00. The molecule has 1 aliphatic rings. The monoisotopic (exact) mass is 359 g/mol. The molecule has 134 valence electrons. The van der Waals surface area contributed by atoms with Crippen LogP contribution >= 0.6 is 0 Å². The van der Waals surface area contributed by atoms with Crippen molar-refractivity contribution in [3.05, 3.63) is 87.5 Å². The predicted molar refractivity (Wildman–Crippen MR) is 105 cm³/mol. The Labute approximate surface area is 156 Å². The second-order valence-corrected chi connectivity index (χ2v) is 6.17. The van der Waals surface area contributed by atoms with Crippen molar-refractivity contribution in [3.8, 4) is 22.6 Å². The summed E-state index contributed by atoms with van der Waals surface area (Å²) in [7, 11) is 2.98. The Balaban J connectivity index is 1.98. The minimum absolute atomic E-state index is 0.0259. The van der Waals surface area contributed by atoms with E-state index in [1.54, 1.807) is 6.07 Å². The zero-order valence-electron chi connectivity index (χ0n) is 14.9. The van der Waals surface area contributed by atoms with Crippen molar-refractivity contribution in [1.29, 1.82) is 0 Å². The number of benzene rings is 3. The molecular formula is C22H17NO4. The van der Waals surface area contributed by atoms with Crippen LogP contribution in [0.1, 0.15) is 16.7 Å². The zero-order valence-corrected chi connectivity index (χ0v) is 14.9. The minimum Gasteiger partial charge on any atom is -0.493 e. The van der Waals surface area contributed by atoms with Crippen LogP contribution in [0.3, 0.4) is 0 Å². The molecule has 0 saturated heterocycles. The van der Waals surface area contributed by atoms with Crippen molar-refractivity contribution >= 4 is 17.3 Å². The quantitative estimate of drug-likeness (QED) is 0.372. The maximum atomic E-state index is 11.6. The molecule has 0 spiro atoms. The summed E-state index contributed by atoms with van der Waals surface area (Å²) in [5.41, 5.74) is 5.77. The van der Waals surface area contributed by atoms with Crippen LogP contribution in [0.25, 0.3) is 22.8 Å². The molecule has 5 nitrogen and oxygen atoms in total. The second kappa shape index (κ2) is 6.61. The van der Waals surface area contributed by atoms with Gasteiger partial charge in [-0.05, 0) is 40.0 Å². The molecule has 0 fully saturated rings. The number of nitro groups is 1. The number of hydrogen-bond acceptors (Lipinski definition) is 4. The zero-order chi connectivity index (χ0) is 19.0. The van der Waals surface area contributed by atoms with Crippen LogP contribution in [-0.2, 0) is 0 Å². The van der Waals surface area contributed by atoms with E-state index in [1.165, 1.54) is 20.3 Å². The number of fused-ring (bicyclic) bond motifs is 3. The molecule has 0 atom stereocenters.